The lowest BCUT2D eigenvalue weighted by atomic mass is 10.3. The van der Waals surface area contributed by atoms with Crippen molar-refractivity contribution in [2.45, 2.75) is 20.3 Å². The molecule has 1 aromatic heterocycles. The van der Waals surface area contributed by atoms with Crippen LogP contribution in [0.3, 0.4) is 0 Å². The maximum absolute atomic E-state index is 5.67. The summed E-state index contributed by atoms with van der Waals surface area (Å²) in [6, 6.07) is 9.71. The highest BCUT2D eigenvalue weighted by atomic mass is 16.5. The summed E-state index contributed by atoms with van der Waals surface area (Å²) in [5, 5.41) is 7.08. The minimum atomic E-state index is 0.611. The van der Waals surface area contributed by atoms with Crippen molar-refractivity contribution in [2.75, 3.05) is 13.2 Å². The van der Waals surface area contributed by atoms with E-state index < -0.39 is 0 Å². The number of benzene rings is 1. The molecule has 0 radical (unpaired) electrons. The van der Waals surface area contributed by atoms with Gasteiger partial charge in [-0.05, 0) is 32.0 Å². The van der Waals surface area contributed by atoms with Crippen LogP contribution >= 0.6 is 0 Å². The van der Waals surface area contributed by atoms with Gasteiger partial charge in [0, 0.05) is 18.2 Å². The van der Waals surface area contributed by atoms with Gasteiger partial charge >= 0.3 is 0 Å². The van der Waals surface area contributed by atoms with Crippen molar-refractivity contribution in [3.63, 3.8) is 0 Å². The molecule has 96 valence electrons. The highest BCUT2D eigenvalue weighted by molar-refractivity contribution is 5.32. The fourth-order valence-corrected chi connectivity index (χ4v) is 1.70. The Labute approximate surface area is 107 Å². The van der Waals surface area contributed by atoms with Gasteiger partial charge in [0.15, 0.2) is 0 Å². The van der Waals surface area contributed by atoms with E-state index >= 15 is 0 Å². The van der Waals surface area contributed by atoms with Crippen LogP contribution in [0, 0.1) is 6.92 Å². The van der Waals surface area contributed by atoms with Crippen LogP contribution in [0.1, 0.15) is 18.3 Å². The van der Waals surface area contributed by atoms with Gasteiger partial charge in [0.05, 0.1) is 18.9 Å². The molecule has 1 heterocycles. The summed E-state index contributed by atoms with van der Waals surface area (Å²) in [6.45, 7) is 5.23. The number of hydrogen-bond donors (Lipinski definition) is 1. The molecule has 0 bridgehead atoms. The Kier molecular flexibility index (Phi) is 4.23. The van der Waals surface area contributed by atoms with Gasteiger partial charge in [-0.1, -0.05) is 6.07 Å². The van der Waals surface area contributed by atoms with E-state index in [4.69, 9.17) is 9.47 Å². The molecule has 0 saturated carbocycles. The lowest BCUT2D eigenvalue weighted by molar-refractivity contribution is 0.311. The summed E-state index contributed by atoms with van der Waals surface area (Å²) in [7, 11) is 0. The average molecular weight is 246 g/mol. The van der Waals surface area contributed by atoms with E-state index in [1.54, 1.807) is 0 Å². The van der Waals surface area contributed by atoms with E-state index in [0.29, 0.717) is 13.2 Å². The fourth-order valence-electron chi connectivity index (χ4n) is 1.70. The number of aromatic amines is 1. The van der Waals surface area contributed by atoms with E-state index in [0.717, 1.165) is 29.3 Å². The van der Waals surface area contributed by atoms with Gasteiger partial charge in [0.2, 0.25) is 0 Å². The number of nitrogens with zero attached hydrogens (tertiary/aromatic N) is 1. The molecule has 0 fully saturated rings. The SMILES string of the molecule is CCOc1cccc(OCCc2cc(C)[nH]n2)c1. The molecule has 4 nitrogen and oxygen atoms in total. The molecule has 2 rings (SSSR count). The van der Waals surface area contributed by atoms with Crippen LogP contribution in [-0.4, -0.2) is 23.4 Å². The summed E-state index contributed by atoms with van der Waals surface area (Å²) in [6.07, 6.45) is 0.795. The standard InChI is InChI=1S/C14H18N2O2/c1-3-17-13-5-4-6-14(10-13)18-8-7-12-9-11(2)15-16-12/h4-6,9-10H,3,7-8H2,1-2H3,(H,15,16). The largest absolute Gasteiger partial charge is 0.494 e. The van der Waals surface area contributed by atoms with Gasteiger partial charge in [-0.3, -0.25) is 5.10 Å². The van der Waals surface area contributed by atoms with Gasteiger partial charge in [-0.25, -0.2) is 0 Å². The molecule has 0 aliphatic heterocycles. The van der Waals surface area contributed by atoms with Crippen molar-refractivity contribution in [1.82, 2.24) is 10.2 Å². The van der Waals surface area contributed by atoms with Crippen molar-refractivity contribution in [3.05, 3.63) is 41.7 Å². The number of H-pyrrole nitrogens is 1. The molecule has 1 N–H and O–H groups in total. The zero-order valence-electron chi connectivity index (χ0n) is 10.8. The van der Waals surface area contributed by atoms with Gasteiger partial charge in [0.1, 0.15) is 11.5 Å². The molecule has 18 heavy (non-hydrogen) atoms. The summed E-state index contributed by atoms with van der Waals surface area (Å²) in [5.74, 6) is 1.67. The number of ether oxygens (including phenoxy) is 2. The molecule has 0 spiro atoms. The number of hydrogen-bond acceptors (Lipinski definition) is 3. The molecule has 0 aliphatic carbocycles. The molecular weight excluding hydrogens is 228 g/mol. The third kappa shape index (κ3) is 3.52. The Morgan fingerprint density at radius 2 is 1.94 bits per heavy atom. The van der Waals surface area contributed by atoms with Crippen molar-refractivity contribution in [2.24, 2.45) is 0 Å². The summed E-state index contributed by atoms with van der Waals surface area (Å²) in [5.41, 5.74) is 2.09. The van der Waals surface area contributed by atoms with E-state index in [-0.39, 0.29) is 0 Å². The molecule has 0 aliphatic rings. The quantitative estimate of drug-likeness (QED) is 0.852. The second kappa shape index (κ2) is 6.10. The molecule has 0 atom stereocenters. The zero-order valence-corrected chi connectivity index (χ0v) is 10.8. The lowest BCUT2D eigenvalue weighted by Crippen LogP contribution is -2.02. The van der Waals surface area contributed by atoms with E-state index in [1.165, 1.54) is 0 Å². The highest BCUT2D eigenvalue weighted by Crippen LogP contribution is 2.19. The van der Waals surface area contributed by atoms with Crippen LogP contribution in [0.15, 0.2) is 30.3 Å². The number of aryl methyl sites for hydroxylation is 1. The molecule has 4 heteroatoms. The van der Waals surface area contributed by atoms with Gasteiger partial charge in [-0.2, -0.15) is 5.10 Å². The predicted molar refractivity (Wildman–Crippen MR) is 70.1 cm³/mol. The van der Waals surface area contributed by atoms with Gasteiger partial charge in [0.25, 0.3) is 0 Å². The van der Waals surface area contributed by atoms with E-state index in [2.05, 4.69) is 10.2 Å². The second-order valence-electron chi connectivity index (χ2n) is 4.05. The van der Waals surface area contributed by atoms with Crippen LogP contribution in [-0.2, 0) is 6.42 Å². The van der Waals surface area contributed by atoms with Crippen molar-refractivity contribution in [1.29, 1.82) is 0 Å². The van der Waals surface area contributed by atoms with Crippen molar-refractivity contribution >= 4 is 0 Å². The topological polar surface area (TPSA) is 47.1 Å². The maximum Gasteiger partial charge on any atom is 0.123 e. The van der Waals surface area contributed by atoms with Crippen LogP contribution in [0.4, 0.5) is 0 Å². The van der Waals surface area contributed by atoms with Gasteiger partial charge in [-0.15, -0.1) is 0 Å². The Morgan fingerprint density at radius 3 is 2.61 bits per heavy atom. The van der Waals surface area contributed by atoms with Crippen LogP contribution in [0.25, 0.3) is 0 Å². The summed E-state index contributed by atoms with van der Waals surface area (Å²) < 4.78 is 11.1. The Hall–Kier alpha value is -1.97. The van der Waals surface area contributed by atoms with Crippen molar-refractivity contribution in [3.8, 4) is 11.5 Å². The minimum Gasteiger partial charge on any atom is -0.494 e. The first-order valence-electron chi connectivity index (χ1n) is 6.14. The van der Waals surface area contributed by atoms with Crippen LogP contribution in [0.2, 0.25) is 0 Å². The Balaban J connectivity index is 1.84. The van der Waals surface area contributed by atoms with Crippen LogP contribution < -0.4 is 9.47 Å². The second-order valence-corrected chi connectivity index (χ2v) is 4.05. The van der Waals surface area contributed by atoms with Gasteiger partial charge < -0.3 is 9.47 Å². The highest BCUT2D eigenvalue weighted by Gasteiger charge is 2.00. The minimum absolute atomic E-state index is 0.611. The third-order valence-corrected chi connectivity index (χ3v) is 2.50. The summed E-state index contributed by atoms with van der Waals surface area (Å²) in [4.78, 5) is 0. The first-order chi connectivity index (χ1) is 8.78. The first-order valence-corrected chi connectivity index (χ1v) is 6.14. The monoisotopic (exact) mass is 246 g/mol. The average Bonchev–Trinajstić information content (AvgIpc) is 2.76. The fraction of sp³-hybridized carbons (Fsp3) is 0.357. The molecule has 2 aromatic rings. The number of nitrogens with one attached hydrogen (secondary N) is 1. The van der Waals surface area contributed by atoms with Crippen LogP contribution in [0.5, 0.6) is 11.5 Å². The normalized spacial score (nSPS) is 10.3. The molecule has 0 amide bonds. The first kappa shape index (κ1) is 12.5. The maximum atomic E-state index is 5.67. The Morgan fingerprint density at radius 1 is 1.17 bits per heavy atom. The summed E-state index contributed by atoms with van der Waals surface area (Å²) >= 11 is 0. The molecule has 0 unspecified atom stereocenters. The lowest BCUT2D eigenvalue weighted by Gasteiger charge is -2.07. The smallest absolute Gasteiger partial charge is 0.123 e. The number of aromatic nitrogens is 2. The van der Waals surface area contributed by atoms with Crippen molar-refractivity contribution < 1.29 is 9.47 Å². The Bertz CT molecular complexity index is 494. The third-order valence-electron chi connectivity index (χ3n) is 2.50. The van der Waals surface area contributed by atoms with E-state index in [9.17, 15) is 0 Å². The molecule has 0 saturated heterocycles. The molecule has 1 aromatic carbocycles. The number of rotatable bonds is 6. The predicted octanol–water partition coefficient (Wildman–Crippen LogP) is 2.74. The zero-order chi connectivity index (χ0) is 12.8. The molecular formula is C14H18N2O2. The van der Waals surface area contributed by atoms with E-state index in [1.807, 2.05) is 44.2 Å².